The molecule has 1 amide bonds. The standard InChI is InChI=1S/C22H19N3O2.C4H9N/c1-14-5-6-16(27-2)12-18(14)21(26)25-22(7-8-22)19-10-15(13-23)11-20-17(19)4-3-9-24-20;1-5-3-2-4-5/h3-6,9-12H,7-8H2,1-2H3,(H,25,26);2-4H2,1H3. The Bertz CT molecular complexity index is 1190. The predicted molar refractivity (Wildman–Crippen MR) is 125 cm³/mol. The molecule has 5 rings (SSSR count). The maximum atomic E-state index is 13.0. The first-order chi connectivity index (χ1) is 15.5. The highest BCUT2D eigenvalue weighted by atomic mass is 16.5. The lowest BCUT2D eigenvalue weighted by atomic mass is 9.96. The van der Waals surface area contributed by atoms with Gasteiger partial charge >= 0.3 is 0 Å². The van der Waals surface area contributed by atoms with Gasteiger partial charge in [-0.2, -0.15) is 5.26 Å². The van der Waals surface area contributed by atoms with Gasteiger partial charge < -0.3 is 15.0 Å². The van der Waals surface area contributed by atoms with Crippen molar-refractivity contribution in [3.63, 3.8) is 0 Å². The number of benzene rings is 2. The minimum Gasteiger partial charge on any atom is -0.497 e. The number of hydrogen-bond donors (Lipinski definition) is 1. The van der Waals surface area contributed by atoms with Crippen LogP contribution in [0.25, 0.3) is 10.9 Å². The summed E-state index contributed by atoms with van der Waals surface area (Å²) in [5.41, 5.74) is 3.30. The number of aryl methyl sites for hydroxylation is 1. The number of aromatic nitrogens is 1. The van der Waals surface area contributed by atoms with Crippen LogP contribution in [0, 0.1) is 18.3 Å². The SMILES string of the molecule is CN1CCC1.COc1ccc(C)c(C(=O)NC2(c3cc(C#N)cc4ncccc34)CC2)c1. The molecule has 2 heterocycles. The fraction of sp³-hybridized carbons (Fsp3) is 0.346. The van der Waals surface area contributed by atoms with E-state index in [1.807, 2.05) is 37.3 Å². The number of nitrogens with zero attached hydrogens (tertiary/aromatic N) is 3. The zero-order valence-corrected chi connectivity index (χ0v) is 18.8. The Morgan fingerprint density at radius 2 is 1.97 bits per heavy atom. The lowest BCUT2D eigenvalue weighted by Crippen LogP contribution is -2.35. The Balaban J connectivity index is 0.000000433. The number of nitriles is 1. The van der Waals surface area contributed by atoms with Gasteiger partial charge in [0.05, 0.1) is 29.8 Å². The first-order valence-electron chi connectivity index (χ1n) is 10.9. The second kappa shape index (κ2) is 8.97. The van der Waals surface area contributed by atoms with E-state index in [0.717, 1.165) is 34.9 Å². The van der Waals surface area contributed by atoms with Crippen LogP contribution in [0.5, 0.6) is 5.75 Å². The fourth-order valence-corrected chi connectivity index (χ4v) is 3.96. The molecular weight excluding hydrogens is 400 g/mol. The molecule has 1 aliphatic carbocycles. The van der Waals surface area contributed by atoms with Gasteiger partial charge in [0.15, 0.2) is 0 Å². The quantitative estimate of drug-likeness (QED) is 0.675. The van der Waals surface area contributed by atoms with Crippen LogP contribution in [-0.2, 0) is 5.54 Å². The van der Waals surface area contributed by atoms with Crippen molar-refractivity contribution in [3.8, 4) is 11.8 Å². The summed E-state index contributed by atoms with van der Waals surface area (Å²) in [5, 5.41) is 13.6. The zero-order chi connectivity index (χ0) is 22.7. The number of nitrogens with one attached hydrogen (secondary N) is 1. The molecule has 1 aliphatic heterocycles. The van der Waals surface area contributed by atoms with E-state index < -0.39 is 5.54 Å². The number of hydrogen-bond acceptors (Lipinski definition) is 5. The Morgan fingerprint density at radius 3 is 2.56 bits per heavy atom. The van der Waals surface area contributed by atoms with Gasteiger partial charge in [0.2, 0.25) is 0 Å². The third-order valence-corrected chi connectivity index (χ3v) is 6.24. The van der Waals surface area contributed by atoms with Gasteiger partial charge in [0.1, 0.15) is 5.75 Å². The van der Waals surface area contributed by atoms with Crippen molar-refractivity contribution in [2.24, 2.45) is 0 Å². The van der Waals surface area contributed by atoms with Gasteiger partial charge in [-0.1, -0.05) is 12.1 Å². The number of likely N-dealkylation sites (tertiary alicyclic amines) is 1. The summed E-state index contributed by atoms with van der Waals surface area (Å²) in [5.74, 6) is 0.514. The lowest BCUT2D eigenvalue weighted by Gasteiger charge is -2.24. The third kappa shape index (κ3) is 4.44. The number of fused-ring (bicyclic) bond motifs is 1. The van der Waals surface area contributed by atoms with Crippen molar-refractivity contribution >= 4 is 16.8 Å². The highest BCUT2D eigenvalue weighted by molar-refractivity contribution is 5.97. The van der Waals surface area contributed by atoms with E-state index in [2.05, 4.69) is 28.3 Å². The van der Waals surface area contributed by atoms with Gasteiger partial charge in [-0.05, 0) is 87.8 Å². The molecule has 6 nitrogen and oxygen atoms in total. The van der Waals surface area contributed by atoms with Crippen LogP contribution < -0.4 is 10.1 Å². The van der Waals surface area contributed by atoms with Gasteiger partial charge in [0, 0.05) is 17.1 Å². The fourth-order valence-electron chi connectivity index (χ4n) is 3.96. The summed E-state index contributed by atoms with van der Waals surface area (Å²) in [6.07, 6.45) is 4.79. The average molecular weight is 429 g/mol. The van der Waals surface area contributed by atoms with Crippen LogP contribution in [0.4, 0.5) is 0 Å². The third-order valence-electron chi connectivity index (χ3n) is 6.24. The number of pyridine rings is 1. The molecule has 3 aromatic rings. The molecule has 1 saturated carbocycles. The molecule has 0 radical (unpaired) electrons. The topological polar surface area (TPSA) is 78.2 Å². The predicted octanol–water partition coefficient (Wildman–Crippen LogP) is 4.16. The molecule has 0 unspecified atom stereocenters. The van der Waals surface area contributed by atoms with E-state index in [4.69, 9.17) is 4.74 Å². The number of rotatable bonds is 4. The number of carbonyl (C=O) groups is 1. The number of methoxy groups -OCH3 is 1. The summed E-state index contributed by atoms with van der Waals surface area (Å²) in [4.78, 5) is 19.7. The van der Waals surface area contributed by atoms with E-state index in [1.165, 1.54) is 19.5 Å². The van der Waals surface area contributed by atoms with Crippen molar-refractivity contribution in [2.75, 3.05) is 27.2 Å². The number of carbonyl (C=O) groups excluding carboxylic acids is 1. The van der Waals surface area contributed by atoms with Crippen LogP contribution in [-0.4, -0.2) is 43.0 Å². The highest BCUT2D eigenvalue weighted by Gasteiger charge is 2.47. The highest BCUT2D eigenvalue weighted by Crippen LogP contribution is 2.48. The maximum Gasteiger partial charge on any atom is 0.252 e. The first-order valence-corrected chi connectivity index (χ1v) is 10.9. The molecule has 1 aromatic heterocycles. The molecular formula is C26H28N4O2. The van der Waals surface area contributed by atoms with Crippen LogP contribution in [0.15, 0.2) is 48.7 Å². The summed E-state index contributed by atoms with van der Waals surface area (Å²) >= 11 is 0. The Labute approximate surface area is 188 Å². The Kier molecular flexibility index (Phi) is 6.11. The van der Waals surface area contributed by atoms with Crippen molar-refractivity contribution in [1.82, 2.24) is 15.2 Å². The second-order valence-corrected chi connectivity index (χ2v) is 8.58. The van der Waals surface area contributed by atoms with E-state index in [0.29, 0.717) is 16.9 Å². The van der Waals surface area contributed by atoms with Crippen molar-refractivity contribution in [2.45, 2.75) is 31.7 Å². The summed E-state index contributed by atoms with van der Waals surface area (Å²) in [6.45, 7) is 4.55. The summed E-state index contributed by atoms with van der Waals surface area (Å²) in [6, 6.07) is 15.2. The van der Waals surface area contributed by atoms with E-state index >= 15 is 0 Å². The van der Waals surface area contributed by atoms with Gasteiger partial charge in [-0.15, -0.1) is 0 Å². The molecule has 6 heteroatoms. The van der Waals surface area contributed by atoms with E-state index in [9.17, 15) is 10.1 Å². The molecule has 0 spiro atoms. The summed E-state index contributed by atoms with van der Waals surface area (Å²) in [7, 11) is 3.73. The first kappa shape index (κ1) is 21.8. The van der Waals surface area contributed by atoms with E-state index in [1.54, 1.807) is 25.4 Å². The number of ether oxygens (including phenoxy) is 1. The molecule has 2 aliphatic rings. The Hall–Kier alpha value is -3.43. The minimum atomic E-state index is -0.458. The molecule has 164 valence electrons. The zero-order valence-electron chi connectivity index (χ0n) is 18.8. The molecule has 2 aromatic carbocycles. The van der Waals surface area contributed by atoms with Crippen LogP contribution in [0.3, 0.4) is 0 Å². The molecule has 1 saturated heterocycles. The maximum absolute atomic E-state index is 13.0. The van der Waals surface area contributed by atoms with Crippen molar-refractivity contribution in [1.29, 1.82) is 5.26 Å². The second-order valence-electron chi connectivity index (χ2n) is 8.58. The van der Waals surface area contributed by atoms with Crippen LogP contribution in [0.1, 0.15) is 46.3 Å². The largest absolute Gasteiger partial charge is 0.497 e. The van der Waals surface area contributed by atoms with Crippen molar-refractivity contribution in [3.05, 3.63) is 70.9 Å². The Morgan fingerprint density at radius 1 is 1.22 bits per heavy atom. The monoisotopic (exact) mass is 428 g/mol. The summed E-state index contributed by atoms with van der Waals surface area (Å²) < 4.78 is 5.25. The molecule has 0 bridgehead atoms. The normalized spacial score (nSPS) is 16.2. The van der Waals surface area contributed by atoms with Gasteiger partial charge in [0.25, 0.3) is 5.91 Å². The average Bonchev–Trinajstić information content (AvgIpc) is 3.57. The molecule has 32 heavy (non-hydrogen) atoms. The molecule has 1 N–H and O–H groups in total. The van der Waals surface area contributed by atoms with Crippen LogP contribution in [0.2, 0.25) is 0 Å². The lowest BCUT2D eigenvalue weighted by molar-refractivity contribution is 0.0930. The van der Waals surface area contributed by atoms with E-state index in [-0.39, 0.29) is 5.91 Å². The smallest absolute Gasteiger partial charge is 0.252 e. The number of amides is 1. The minimum absolute atomic E-state index is 0.136. The van der Waals surface area contributed by atoms with Gasteiger partial charge in [-0.25, -0.2) is 0 Å². The van der Waals surface area contributed by atoms with Crippen molar-refractivity contribution < 1.29 is 9.53 Å². The molecule has 0 atom stereocenters. The molecule has 2 fully saturated rings. The van der Waals surface area contributed by atoms with Crippen LogP contribution >= 0.6 is 0 Å². The van der Waals surface area contributed by atoms with Gasteiger partial charge in [-0.3, -0.25) is 9.78 Å².